The minimum absolute atomic E-state index is 0.000998. The number of nitrogens with one attached hydrogen (secondary N) is 1. The van der Waals surface area contributed by atoms with E-state index in [0.29, 0.717) is 11.1 Å². The van der Waals surface area contributed by atoms with Crippen LogP contribution in [0.1, 0.15) is 15.9 Å². The molecule has 0 unspecified atom stereocenters. The van der Waals surface area contributed by atoms with Gasteiger partial charge in [0.1, 0.15) is 12.4 Å². The van der Waals surface area contributed by atoms with Crippen LogP contribution in [0.5, 0.6) is 0 Å². The molecule has 0 bridgehead atoms. The van der Waals surface area contributed by atoms with Crippen LogP contribution < -0.4 is 5.32 Å². The fraction of sp³-hybridized carbons (Fsp3) is 0.158. The van der Waals surface area contributed by atoms with Gasteiger partial charge >= 0.3 is 5.97 Å². The molecule has 0 atom stereocenters. The number of ether oxygens (including phenoxy) is 1. The molecule has 1 heterocycles. The number of hydrogen-bond donors (Lipinski definition) is 1. The number of carbonyl (C=O) groups is 4. The zero-order valence-corrected chi connectivity index (χ0v) is 15.2. The van der Waals surface area contributed by atoms with E-state index in [2.05, 4.69) is 5.32 Å². The molecule has 3 amide bonds. The summed E-state index contributed by atoms with van der Waals surface area (Å²) < 4.78 is 17.9. The van der Waals surface area contributed by atoms with E-state index in [9.17, 15) is 23.6 Å². The van der Waals surface area contributed by atoms with E-state index in [1.807, 2.05) is 0 Å². The van der Waals surface area contributed by atoms with Gasteiger partial charge in [-0.3, -0.25) is 24.1 Å². The van der Waals surface area contributed by atoms with Gasteiger partial charge in [-0.1, -0.05) is 29.8 Å². The third-order valence-electron chi connectivity index (χ3n) is 3.99. The second-order valence-electron chi connectivity index (χ2n) is 5.96. The van der Waals surface area contributed by atoms with Gasteiger partial charge in [-0.2, -0.15) is 0 Å². The van der Waals surface area contributed by atoms with E-state index in [4.69, 9.17) is 16.3 Å². The van der Waals surface area contributed by atoms with Gasteiger partial charge in [0.05, 0.1) is 11.4 Å². The summed E-state index contributed by atoms with van der Waals surface area (Å²) in [6, 6.07) is 10.2. The third kappa shape index (κ3) is 4.34. The van der Waals surface area contributed by atoms with Crippen molar-refractivity contribution in [2.24, 2.45) is 0 Å². The monoisotopic (exact) mass is 404 g/mol. The van der Waals surface area contributed by atoms with Crippen LogP contribution >= 0.6 is 11.6 Å². The van der Waals surface area contributed by atoms with Gasteiger partial charge in [-0.15, -0.1) is 0 Å². The number of amides is 3. The predicted molar refractivity (Wildman–Crippen MR) is 97.2 cm³/mol. The largest absolute Gasteiger partial charge is 0.454 e. The van der Waals surface area contributed by atoms with Crippen molar-refractivity contribution in [1.29, 1.82) is 0 Å². The second kappa shape index (κ2) is 8.18. The number of anilines is 1. The van der Waals surface area contributed by atoms with Crippen LogP contribution in [0.25, 0.3) is 0 Å². The highest BCUT2D eigenvalue weighted by atomic mass is 35.5. The second-order valence-corrected chi connectivity index (χ2v) is 6.36. The highest BCUT2D eigenvalue weighted by Gasteiger charge is 2.32. The lowest BCUT2D eigenvalue weighted by molar-refractivity contribution is -0.150. The highest BCUT2D eigenvalue weighted by molar-refractivity contribution is 6.31. The minimum Gasteiger partial charge on any atom is -0.454 e. The van der Waals surface area contributed by atoms with Crippen LogP contribution in [0.15, 0.2) is 42.5 Å². The standard InChI is InChI=1S/C19H14ClFN2O5/c20-14-8-12(5-6-15(14)21)22-16(24)10-28-18(26)9-23-17(25)7-11-3-1-2-4-13(11)19(23)27/h1-6,8H,7,9-10H2,(H,22,24). The molecule has 1 aliphatic rings. The summed E-state index contributed by atoms with van der Waals surface area (Å²) in [4.78, 5) is 49.1. The SMILES string of the molecule is O=C(COC(=O)CN1C(=O)Cc2ccccc2C1=O)Nc1ccc(F)c(Cl)c1. The predicted octanol–water partition coefficient (Wildman–Crippen LogP) is 2.19. The number of fused-ring (bicyclic) bond motifs is 1. The Morgan fingerprint density at radius 3 is 2.68 bits per heavy atom. The molecule has 0 spiro atoms. The topological polar surface area (TPSA) is 92.8 Å². The molecule has 7 nitrogen and oxygen atoms in total. The van der Waals surface area contributed by atoms with E-state index in [0.717, 1.165) is 11.0 Å². The molecule has 0 saturated carbocycles. The van der Waals surface area contributed by atoms with Gasteiger partial charge in [0.15, 0.2) is 6.61 Å². The Kier molecular flexibility index (Phi) is 5.70. The Labute approximate surface area is 164 Å². The first-order chi connectivity index (χ1) is 13.3. The number of esters is 1. The van der Waals surface area contributed by atoms with Gasteiger partial charge in [0.2, 0.25) is 5.91 Å². The summed E-state index contributed by atoms with van der Waals surface area (Å²) >= 11 is 5.62. The zero-order chi connectivity index (χ0) is 20.3. The van der Waals surface area contributed by atoms with Gasteiger partial charge < -0.3 is 10.1 Å². The first-order valence-electron chi connectivity index (χ1n) is 8.18. The number of benzene rings is 2. The molecule has 2 aromatic rings. The molecule has 0 radical (unpaired) electrons. The number of nitrogens with zero attached hydrogens (tertiary/aromatic N) is 1. The molecule has 28 heavy (non-hydrogen) atoms. The van der Waals surface area contributed by atoms with Crippen molar-refractivity contribution in [1.82, 2.24) is 4.90 Å². The highest BCUT2D eigenvalue weighted by Crippen LogP contribution is 2.20. The van der Waals surface area contributed by atoms with Gasteiger partial charge in [-0.25, -0.2) is 4.39 Å². The van der Waals surface area contributed by atoms with Crippen molar-refractivity contribution in [3.63, 3.8) is 0 Å². The Morgan fingerprint density at radius 2 is 1.93 bits per heavy atom. The third-order valence-corrected chi connectivity index (χ3v) is 4.28. The summed E-state index contributed by atoms with van der Waals surface area (Å²) in [6.07, 6.45) is 0.000998. The summed E-state index contributed by atoms with van der Waals surface area (Å²) in [5, 5.41) is 2.22. The van der Waals surface area contributed by atoms with Crippen LogP contribution in [0, 0.1) is 5.82 Å². The fourth-order valence-corrected chi connectivity index (χ4v) is 2.83. The molecule has 2 aromatic carbocycles. The average Bonchev–Trinajstić information content (AvgIpc) is 2.66. The van der Waals surface area contributed by atoms with Crippen LogP contribution in [-0.4, -0.2) is 41.7 Å². The van der Waals surface area contributed by atoms with E-state index < -0.39 is 42.7 Å². The Bertz CT molecular complexity index is 979. The lowest BCUT2D eigenvalue weighted by Crippen LogP contribution is -2.45. The lowest BCUT2D eigenvalue weighted by Gasteiger charge is -2.25. The first kappa shape index (κ1) is 19.5. The zero-order valence-electron chi connectivity index (χ0n) is 14.4. The Morgan fingerprint density at radius 1 is 1.18 bits per heavy atom. The van der Waals surface area contributed by atoms with E-state index >= 15 is 0 Å². The molecule has 9 heteroatoms. The Hall–Kier alpha value is -3.26. The van der Waals surface area contributed by atoms with Crippen molar-refractivity contribution in [3.8, 4) is 0 Å². The van der Waals surface area contributed by atoms with E-state index in [-0.39, 0.29) is 17.1 Å². The van der Waals surface area contributed by atoms with Crippen molar-refractivity contribution in [3.05, 3.63) is 64.4 Å². The number of halogens is 2. The van der Waals surface area contributed by atoms with Crippen molar-refractivity contribution in [2.75, 3.05) is 18.5 Å². The fourth-order valence-electron chi connectivity index (χ4n) is 2.65. The van der Waals surface area contributed by atoms with Gasteiger partial charge in [0, 0.05) is 11.3 Å². The molecule has 144 valence electrons. The molecule has 0 fully saturated rings. The maximum Gasteiger partial charge on any atom is 0.326 e. The smallest absolute Gasteiger partial charge is 0.326 e. The number of rotatable bonds is 5. The van der Waals surface area contributed by atoms with Crippen LogP contribution in [-0.2, 0) is 25.5 Å². The Balaban J connectivity index is 1.54. The molecule has 3 rings (SSSR count). The first-order valence-corrected chi connectivity index (χ1v) is 8.56. The van der Waals surface area contributed by atoms with Crippen molar-refractivity contribution >= 4 is 41.0 Å². The quantitative estimate of drug-likeness (QED) is 0.609. The normalized spacial score (nSPS) is 13.1. The number of carbonyl (C=O) groups excluding carboxylic acids is 4. The van der Waals surface area contributed by atoms with Crippen molar-refractivity contribution in [2.45, 2.75) is 6.42 Å². The minimum atomic E-state index is -0.909. The molecule has 1 aliphatic heterocycles. The summed E-state index contributed by atoms with van der Waals surface area (Å²) in [7, 11) is 0. The average molecular weight is 405 g/mol. The van der Waals surface area contributed by atoms with Crippen LogP contribution in [0.4, 0.5) is 10.1 Å². The molecule has 0 aromatic heterocycles. The maximum atomic E-state index is 13.1. The summed E-state index contributed by atoms with van der Waals surface area (Å²) in [5.74, 6) is -3.34. The lowest BCUT2D eigenvalue weighted by atomic mass is 9.98. The maximum absolute atomic E-state index is 13.1. The van der Waals surface area contributed by atoms with Crippen LogP contribution in [0.3, 0.4) is 0 Å². The van der Waals surface area contributed by atoms with Gasteiger partial charge in [-0.05, 0) is 29.8 Å². The summed E-state index contributed by atoms with van der Waals surface area (Å²) in [6.45, 7) is -1.23. The molecule has 0 aliphatic carbocycles. The molecular formula is C19H14ClFN2O5. The van der Waals surface area contributed by atoms with Crippen molar-refractivity contribution < 1.29 is 28.3 Å². The number of hydrogen-bond acceptors (Lipinski definition) is 5. The molecule has 0 saturated heterocycles. The van der Waals surface area contributed by atoms with Crippen LogP contribution in [0.2, 0.25) is 5.02 Å². The van der Waals surface area contributed by atoms with Gasteiger partial charge in [0.25, 0.3) is 11.8 Å². The van der Waals surface area contributed by atoms with E-state index in [1.54, 1.807) is 24.3 Å². The van der Waals surface area contributed by atoms with E-state index in [1.165, 1.54) is 12.1 Å². The summed E-state index contributed by atoms with van der Waals surface area (Å²) in [5.41, 5.74) is 1.17. The molecule has 1 N–H and O–H groups in total. The number of imide groups is 1. The molecular weight excluding hydrogens is 391 g/mol.